The van der Waals surface area contributed by atoms with Crippen molar-refractivity contribution >= 4 is 17.3 Å². The first kappa shape index (κ1) is 12.1. The average Bonchev–Trinajstić information content (AvgIpc) is 2.79. The molecule has 1 atom stereocenters. The fourth-order valence-electron chi connectivity index (χ4n) is 2.07. The fourth-order valence-corrected chi connectivity index (χ4v) is 2.26. The topological polar surface area (TPSA) is 36.1 Å². The lowest BCUT2D eigenvalue weighted by Crippen LogP contribution is -2.23. The van der Waals surface area contributed by atoms with Crippen LogP contribution in [0.2, 0.25) is 5.02 Å². The maximum Gasteiger partial charge on any atom is 0.0741 e. The highest BCUT2D eigenvalue weighted by molar-refractivity contribution is 6.31. The van der Waals surface area contributed by atoms with E-state index in [1.807, 2.05) is 38.1 Å². The standard InChI is InChI=1S/C14H15ClN2/c1-14(2,9-16)13-7-6-12(17-13)10-4-3-5-11(15)8-10/h3-5,8,13H,6-7H2,1-2H3/t13-/m1/s1. The molecule has 0 amide bonds. The van der Waals surface area contributed by atoms with Crippen molar-refractivity contribution in [2.24, 2.45) is 10.4 Å². The molecule has 2 rings (SSSR count). The second-order valence-electron chi connectivity index (χ2n) is 4.97. The Morgan fingerprint density at radius 2 is 2.24 bits per heavy atom. The van der Waals surface area contributed by atoms with Crippen LogP contribution in [-0.4, -0.2) is 11.8 Å². The summed E-state index contributed by atoms with van der Waals surface area (Å²) in [5.41, 5.74) is 1.76. The first-order valence-electron chi connectivity index (χ1n) is 5.77. The predicted molar refractivity (Wildman–Crippen MR) is 70.4 cm³/mol. The molecule has 1 aliphatic heterocycles. The molecular weight excluding hydrogens is 232 g/mol. The molecule has 2 nitrogen and oxygen atoms in total. The van der Waals surface area contributed by atoms with Crippen LogP contribution in [0.1, 0.15) is 32.3 Å². The Hall–Kier alpha value is -1.33. The molecule has 0 spiro atoms. The summed E-state index contributed by atoms with van der Waals surface area (Å²) < 4.78 is 0. The zero-order valence-corrected chi connectivity index (χ0v) is 10.8. The zero-order chi connectivity index (χ0) is 12.5. The Morgan fingerprint density at radius 3 is 2.88 bits per heavy atom. The first-order valence-corrected chi connectivity index (χ1v) is 6.14. The lowest BCUT2D eigenvalue weighted by molar-refractivity contribution is 0.384. The molecule has 1 aliphatic rings. The summed E-state index contributed by atoms with van der Waals surface area (Å²) in [7, 11) is 0. The van der Waals surface area contributed by atoms with Gasteiger partial charge in [0.15, 0.2) is 0 Å². The van der Waals surface area contributed by atoms with Crippen molar-refractivity contribution in [3.8, 4) is 6.07 Å². The number of benzene rings is 1. The molecule has 0 aromatic heterocycles. The van der Waals surface area contributed by atoms with E-state index in [9.17, 15) is 0 Å². The van der Waals surface area contributed by atoms with Crippen LogP contribution >= 0.6 is 11.6 Å². The van der Waals surface area contributed by atoms with Gasteiger partial charge in [-0.15, -0.1) is 0 Å². The van der Waals surface area contributed by atoms with E-state index in [0.717, 1.165) is 29.1 Å². The molecule has 0 aliphatic carbocycles. The maximum absolute atomic E-state index is 9.12. The Bertz CT molecular complexity index is 497. The number of nitrogens with zero attached hydrogens (tertiary/aromatic N) is 2. The molecule has 0 bridgehead atoms. The number of hydrogen-bond acceptors (Lipinski definition) is 2. The third kappa shape index (κ3) is 2.50. The monoisotopic (exact) mass is 246 g/mol. The van der Waals surface area contributed by atoms with Gasteiger partial charge in [-0.3, -0.25) is 4.99 Å². The van der Waals surface area contributed by atoms with Gasteiger partial charge in [0.1, 0.15) is 0 Å². The van der Waals surface area contributed by atoms with E-state index in [4.69, 9.17) is 16.9 Å². The summed E-state index contributed by atoms with van der Waals surface area (Å²) in [6.45, 7) is 3.89. The third-order valence-electron chi connectivity index (χ3n) is 3.25. The summed E-state index contributed by atoms with van der Waals surface area (Å²) in [5.74, 6) is 0. The Kier molecular flexibility index (Phi) is 3.22. The Balaban J connectivity index is 2.26. The Labute approximate surface area is 107 Å². The molecule has 3 heteroatoms. The second kappa shape index (κ2) is 4.50. The first-order chi connectivity index (χ1) is 8.03. The lowest BCUT2D eigenvalue weighted by atomic mass is 9.85. The predicted octanol–water partition coefficient (Wildman–Crippen LogP) is 3.84. The smallest absolute Gasteiger partial charge is 0.0741 e. The summed E-state index contributed by atoms with van der Waals surface area (Å²) in [4.78, 5) is 4.68. The second-order valence-corrected chi connectivity index (χ2v) is 5.41. The molecular formula is C14H15ClN2. The Morgan fingerprint density at radius 1 is 1.47 bits per heavy atom. The number of rotatable bonds is 2. The van der Waals surface area contributed by atoms with Crippen LogP contribution < -0.4 is 0 Å². The minimum Gasteiger partial charge on any atom is -0.284 e. The molecule has 17 heavy (non-hydrogen) atoms. The minimum atomic E-state index is -0.389. The molecule has 0 unspecified atom stereocenters. The van der Waals surface area contributed by atoms with Crippen molar-refractivity contribution in [2.45, 2.75) is 32.7 Å². The van der Waals surface area contributed by atoms with E-state index in [1.165, 1.54) is 0 Å². The number of halogens is 1. The summed E-state index contributed by atoms with van der Waals surface area (Å²) in [6, 6.07) is 10.2. The van der Waals surface area contributed by atoms with Crippen LogP contribution in [0.15, 0.2) is 29.3 Å². The summed E-state index contributed by atoms with van der Waals surface area (Å²) in [6.07, 6.45) is 1.87. The molecule has 88 valence electrons. The molecule has 0 fully saturated rings. The van der Waals surface area contributed by atoms with E-state index in [1.54, 1.807) is 0 Å². The highest BCUT2D eigenvalue weighted by Gasteiger charge is 2.33. The molecule has 1 aromatic rings. The molecule has 0 N–H and O–H groups in total. The van der Waals surface area contributed by atoms with Gasteiger partial charge in [0, 0.05) is 10.7 Å². The van der Waals surface area contributed by atoms with Gasteiger partial charge in [-0.1, -0.05) is 23.7 Å². The van der Waals surface area contributed by atoms with Crippen LogP contribution in [-0.2, 0) is 0 Å². The number of hydrogen-bond donors (Lipinski definition) is 0. The number of aliphatic imine (C=N–C) groups is 1. The third-order valence-corrected chi connectivity index (χ3v) is 3.48. The quantitative estimate of drug-likeness (QED) is 0.781. The molecule has 0 saturated heterocycles. The van der Waals surface area contributed by atoms with Crippen molar-refractivity contribution in [1.82, 2.24) is 0 Å². The lowest BCUT2D eigenvalue weighted by Gasteiger charge is -2.20. The molecule has 0 radical (unpaired) electrons. The molecule has 1 aromatic carbocycles. The van der Waals surface area contributed by atoms with E-state index >= 15 is 0 Å². The summed E-state index contributed by atoms with van der Waals surface area (Å²) >= 11 is 5.97. The summed E-state index contributed by atoms with van der Waals surface area (Å²) in [5, 5.41) is 9.84. The van der Waals surface area contributed by atoms with Gasteiger partial charge in [-0.05, 0) is 44.4 Å². The fraction of sp³-hybridized carbons (Fsp3) is 0.429. The van der Waals surface area contributed by atoms with Crippen molar-refractivity contribution in [1.29, 1.82) is 5.26 Å². The van der Waals surface area contributed by atoms with Gasteiger partial charge in [-0.2, -0.15) is 5.26 Å². The van der Waals surface area contributed by atoms with Crippen LogP contribution in [0.25, 0.3) is 0 Å². The van der Waals surface area contributed by atoms with Gasteiger partial charge in [-0.25, -0.2) is 0 Å². The van der Waals surface area contributed by atoms with E-state index in [0.29, 0.717) is 0 Å². The highest BCUT2D eigenvalue weighted by atomic mass is 35.5. The van der Waals surface area contributed by atoms with Crippen molar-refractivity contribution in [2.75, 3.05) is 0 Å². The minimum absolute atomic E-state index is 0.0986. The molecule has 1 heterocycles. The van der Waals surface area contributed by atoms with Gasteiger partial charge in [0.25, 0.3) is 0 Å². The van der Waals surface area contributed by atoms with Crippen LogP contribution in [0, 0.1) is 16.7 Å². The number of nitriles is 1. The van der Waals surface area contributed by atoms with Gasteiger partial charge in [0.2, 0.25) is 0 Å². The SMILES string of the molecule is CC(C)(C#N)[C@H]1CCC(c2cccc(Cl)c2)=N1. The van der Waals surface area contributed by atoms with E-state index in [-0.39, 0.29) is 11.5 Å². The van der Waals surface area contributed by atoms with Crippen LogP contribution in [0.5, 0.6) is 0 Å². The van der Waals surface area contributed by atoms with E-state index < -0.39 is 0 Å². The van der Waals surface area contributed by atoms with Crippen LogP contribution in [0.4, 0.5) is 0 Å². The van der Waals surface area contributed by atoms with Crippen molar-refractivity contribution in [3.05, 3.63) is 34.9 Å². The van der Waals surface area contributed by atoms with Gasteiger partial charge < -0.3 is 0 Å². The van der Waals surface area contributed by atoms with Crippen LogP contribution in [0.3, 0.4) is 0 Å². The van der Waals surface area contributed by atoms with Crippen molar-refractivity contribution in [3.63, 3.8) is 0 Å². The zero-order valence-electron chi connectivity index (χ0n) is 10.1. The normalized spacial score (nSPS) is 19.9. The largest absolute Gasteiger partial charge is 0.284 e. The molecule has 0 saturated carbocycles. The maximum atomic E-state index is 9.12. The average molecular weight is 247 g/mol. The van der Waals surface area contributed by atoms with Gasteiger partial charge >= 0.3 is 0 Å². The van der Waals surface area contributed by atoms with Crippen molar-refractivity contribution < 1.29 is 0 Å². The van der Waals surface area contributed by atoms with E-state index in [2.05, 4.69) is 11.1 Å². The van der Waals surface area contributed by atoms with Gasteiger partial charge in [0.05, 0.1) is 17.5 Å². The highest BCUT2D eigenvalue weighted by Crippen LogP contribution is 2.32.